The predicted octanol–water partition coefficient (Wildman–Crippen LogP) is 0.931. The van der Waals surface area contributed by atoms with E-state index in [0.29, 0.717) is 24.4 Å². The van der Waals surface area contributed by atoms with Gasteiger partial charge in [-0.1, -0.05) is 6.92 Å². The number of carbonyl (C=O) groups excluding carboxylic acids is 1. The maximum Gasteiger partial charge on any atom is 0.306 e. The zero-order valence-electron chi connectivity index (χ0n) is 10.3. The molecule has 0 fully saturated rings. The summed E-state index contributed by atoms with van der Waals surface area (Å²) >= 11 is 0. The standard InChI is InChI=1S/C12H16N2O4/c1-8(12(16)17)5-6-13-11(15)9-3-4-10(18-2)14-7-9/h3-4,7-8H,5-6H2,1-2H3,(H,13,15)(H,16,17). The van der Waals surface area contributed by atoms with E-state index in [4.69, 9.17) is 9.84 Å². The van der Waals surface area contributed by atoms with Crippen LogP contribution in [0.1, 0.15) is 23.7 Å². The number of aromatic nitrogens is 1. The van der Waals surface area contributed by atoms with E-state index < -0.39 is 11.9 Å². The molecule has 0 bridgehead atoms. The summed E-state index contributed by atoms with van der Waals surface area (Å²) in [5.74, 6) is -1.18. The van der Waals surface area contributed by atoms with Crippen molar-refractivity contribution < 1.29 is 19.4 Å². The Labute approximate surface area is 105 Å². The van der Waals surface area contributed by atoms with Crippen LogP contribution in [0.15, 0.2) is 18.3 Å². The number of carboxylic acids is 1. The third-order valence-electron chi connectivity index (χ3n) is 2.49. The van der Waals surface area contributed by atoms with Gasteiger partial charge in [0.2, 0.25) is 5.88 Å². The number of carboxylic acid groups (broad SMARTS) is 1. The first-order chi connectivity index (χ1) is 8.54. The van der Waals surface area contributed by atoms with Gasteiger partial charge in [-0.25, -0.2) is 4.98 Å². The van der Waals surface area contributed by atoms with Crippen LogP contribution >= 0.6 is 0 Å². The van der Waals surface area contributed by atoms with Gasteiger partial charge in [-0.05, 0) is 12.5 Å². The molecule has 1 atom stereocenters. The lowest BCUT2D eigenvalue weighted by atomic mass is 10.1. The van der Waals surface area contributed by atoms with Gasteiger partial charge in [0, 0.05) is 18.8 Å². The molecule has 0 aliphatic carbocycles. The van der Waals surface area contributed by atoms with Crippen molar-refractivity contribution in [2.24, 2.45) is 5.92 Å². The highest BCUT2D eigenvalue weighted by Crippen LogP contribution is 2.06. The quantitative estimate of drug-likeness (QED) is 0.786. The van der Waals surface area contributed by atoms with Crippen LogP contribution in [0.5, 0.6) is 5.88 Å². The SMILES string of the molecule is COc1ccc(C(=O)NCCC(C)C(=O)O)cn1. The molecule has 2 N–H and O–H groups in total. The second-order valence-corrected chi connectivity index (χ2v) is 3.87. The molecular formula is C12H16N2O4. The Hall–Kier alpha value is -2.11. The number of nitrogens with one attached hydrogen (secondary N) is 1. The second kappa shape index (κ2) is 6.58. The monoisotopic (exact) mass is 252 g/mol. The molecule has 1 aromatic heterocycles. The third-order valence-corrected chi connectivity index (χ3v) is 2.49. The molecule has 18 heavy (non-hydrogen) atoms. The summed E-state index contributed by atoms with van der Waals surface area (Å²) in [5.41, 5.74) is 0.416. The lowest BCUT2D eigenvalue weighted by molar-refractivity contribution is -0.141. The van der Waals surface area contributed by atoms with E-state index in [0.717, 1.165) is 0 Å². The average Bonchev–Trinajstić information content (AvgIpc) is 2.38. The van der Waals surface area contributed by atoms with E-state index >= 15 is 0 Å². The number of hydrogen-bond donors (Lipinski definition) is 2. The van der Waals surface area contributed by atoms with Crippen LogP contribution in [0.3, 0.4) is 0 Å². The molecule has 0 aliphatic rings. The highest BCUT2D eigenvalue weighted by Gasteiger charge is 2.11. The summed E-state index contributed by atoms with van der Waals surface area (Å²) in [6.45, 7) is 1.92. The first-order valence-electron chi connectivity index (χ1n) is 5.55. The van der Waals surface area contributed by atoms with Gasteiger partial charge >= 0.3 is 5.97 Å². The maximum absolute atomic E-state index is 11.7. The minimum absolute atomic E-state index is 0.275. The van der Waals surface area contributed by atoms with Gasteiger partial charge in [0.05, 0.1) is 18.6 Å². The molecular weight excluding hydrogens is 236 g/mol. The highest BCUT2D eigenvalue weighted by molar-refractivity contribution is 5.93. The molecule has 1 heterocycles. The number of ether oxygens (including phenoxy) is 1. The minimum Gasteiger partial charge on any atom is -0.481 e. The third kappa shape index (κ3) is 4.04. The van der Waals surface area contributed by atoms with Crippen LogP contribution in [-0.2, 0) is 4.79 Å². The van der Waals surface area contributed by atoms with Crippen LogP contribution in [0.2, 0.25) is 0 Å². The van der Waals surface area contributed by atoms with E-state index in [2.05, 4.69) is 10.3 Å². The highest BCUT2D eigenvalue weighted by atomic mass is 16.5. The van der Waals surface area contributed by atoms with Crippen molar-refractivity contribution >= 4 is 11.9 Å². The summed E-state index contributed by atoms with van der Waals surface area (Å²) in [7, 11) is 1.50. The van der Waals surface area contributed by atoms with E-state index in [-0.39, 0.29) is 5.91 Å². The Morgan fingerprint density at radius 1 is 1.50 bits per heavy atom. The van der Waals surface area contributed by atoms with Gasteiger partial charge in [-0.2, -0.15) is 0 Å². The number of methoxy groups -OCH3 is 1. The topological polar surface area (TPSA) is 88.5 Å². The number of carbonyl (C=O) groups is 2. The average molecular weight is 252 g/mol. The van der Waals surface area contributed by atoms with Crippen molar-refractivity contribution in [2.75, 3.05) is 13.7 Å². The zero-order chi connectivity index (χ0) is 13.5. The fourth-order valence-electron chi connectivity index (χ4n) is 1.26. The number of rotatable bonds is 6. The van der Waals surface area contributed by atoms with Crippen LogP contribution < -0.4 is 10.1 Å². The zero-order valence-corrected chi connectivity index (χ0v) is 10.3. The Kier molecular flexibility index (Phi) is 5.10. The lowest BCUT2D eigenvalue weighted by Crippen LogP contribution is -2.27. The summed E-state index contributed by atoms with van der Waals surface area (Å²) in [5, 5.41) is 11.3. The van der Waals surface area contributed by atoms with Crippen molar-refractivity contribution in [2.45, 2.75) is 13.3 Å². The van der Waals surface area contributed by atoms with E-state index in [1.807, 2.05) is 0 Å². The number of pyridine rings is 1. The molecule has 1 rings (SSSR count). The van der Waals surface area contributed by atoms with Crippen LogP contribution in [0.25, 0.3) is 0 Å². The number of amides is 1. The fraction of sp³-hybridized carbons (Fsp3) is 0.417. The van der Waals surface area contributed by atoms with E-state index in [1.54, 1.807) is 19.1 Å². The largest absolute Gasteiger partial charge is 0.481 e. The molecule has 6 heteroatoms. The summed E-state index contributed by atoms with van der Waals surface area (Å²) in [6.07, 6.45) is 1.81. The lowest BCUT2D eigenvalue weighted by Gasteiger charge is -2.08. The van der Waals surface area contributed by atoms with E-state index in [9.17, 15) is 9.59 Å². The minimum atomic E-state index is -0.865. The van der Waals surface area contributed by atoms with Crippen LogP contribution in [0.4, 0.5) is 0 Å². The van der Waals surface area contributed by atoms with Crippen molar-refractivity contribution in [1.29, 1.82) is 0 Å². The van der Waals surface area contributed by atoms with Crippen LogP contribution in [-0.4, -0.2) is 35.6 Å². The molecule has 1 unspecified atom stereocenters. The Morgan fingerprint density at radius 2 is 2.22 bits per heavy atom. The summed E-state index contributed by atoms with van der Waals surface area (Å²) in [6, 6.07) is 3.19. The molecule has 0 saturated heterocycles. The van der Waals surface area contributed by atoms with Gasteiger partial charge in [0.25, 0.3) is 5.91 Å². The van der Waals surface area contributed by atoms with Gasteiger partial charge in [0.15, 0.2) is 0 Å². The van der Waals surface area contributed by atoms with Crippen molar-refractivity contribution in [3.8, 4) is 5.88 Å². The van der Waals surface area contributed by atoms with Crippen LogP contribution in [0, 0.1) is 5.92 Å². The Morgan fingerprint density at radius 3 is 2.72 bits per heavy atom. The van der Waals surface area contributed by atoms with Crippen molar-refractivity contribution in [3.05, 3.63) is 23.9 Å². The molecule has 0 spiro atoms. The molecule has 0 aromatic carbocycles. The Bertz CT molecular complexity index is 417. The normalized spacial score (nSPS) is 11.7. The number of hydrogen-bond acceptors (Lipinski definition) is 4. The van der Waals surface area contributed by atoms with Gasteiger partial charge < -0.3 is 15.2 Å². The Balaban J connectivity index is 2.42. The molecule has 1 amide bonds. The predicted molar refractivity (Wildman–Crippen MR) is 64.5 cm³/mol. The van der Waals surface area contributed by atoms with Gasteiger partial charge in [0.1, 0.15) is 0 Å². The number of nitrogens with zero attached hydrogens (tertiary/aromatic N) is 1. The molecule has 98 valence electrons. The summed E-state index contributed by atoms with van der Waals surface area (Å²) < 4.78 is 4.88. The molecule has 0 saturated carbocycles. The second-order valence-electron chi connectivity index (χ2n) is 3.87. The first kappa shape index (κ1) is 14.0. The molecule has 1 aromatic rings. The summed E-state index contributed by atoms with van der Waals surface area (Å²) in [4.78, 5) is 26.1. The van der Waals surface area contributed by atoms with E-state index in [1.165, 1.54) is 13.3 Å². The smallest absolute Gasteiger partial charge is 0.306 e. The molecule has 0 radical (unpaired) electrons. The van der Waals surface area contributed by atoms with Gasteiger partial charge in [-0.3, -0.25) is 9.59 Å². The van der Waals surface area contributed by atoms with Gasteiger partial charge in [-0.15, -0.1) is 0 Å². The number of aliphatic carboxylic acids is 1. The molecule has 6 nitrogen and oxygen atoms in total. The maximum atomic E-state index is 11.7. The fourth-order valence-corrected chi connectivity index (χ4v) is 1.26. The van der Waals surface area contributed by atoms with Crippen molar-refractivity contribution in [3.63, 3.8) is 0 Å². The van der Waals surface area contributed by atoms with Crippen molar-refractivity contribution in [1.82, 2.24) is 10.3 Å². The molecule has 0 aliphatic heterocycles. The first-order valence-corrected chi connectivity index (χ1v) is 5.55.